The van der Waals surface area contributed by atoms with Gasteiger partial charge in [0.15, 0.2) is 0 Å². The highest BCUT2D eigenvalue weighted by molar-refractivity contribution is 9.10. The van der Waals surface area contributed by atoms with Crippen LogP contribution in [0, 0.1) is 0 Å². The van der Waals surface area contributed by atoms with Crippen molar-refractivity contribution in [3.05, 3.63) is 36.8 Å². The van der Waals surface area contributed by atoms with Crippen molar-refractivity contribution >= 4 is 73.2 Å². The number of nitrogens with zero attached hydrogens (tertiary/aromatic N) is 1. The summed E-state index contributed by atoms with van der Waals surface area (Å²) in [5.74, 6) is 0. The maximum Gasteiger partial charge on any atom is 0.0916 e. The molecule has 2 aromatic rings. The molecule has 0 saturated heterocycles. The van der Waals surface area contributed by atoms with Crippen molar-refractivity contribution in [3.8, 4) is 0 Å². The summed E-state index contributed by atoms with van der Waals surface area (Å²) < 4.78 is 0.642. The summed E-state index contributed by atoms with van der Waals surface area (Å²) in [5, 5.41) is 2.29. The molecule has 2 rings (SSSR count). The molecule has 1 heterocycles. The number of rotatable bonds is 0. The SMILES string of the molecule is Clc1cc(Cl)c2ncc(Cl)c(Br)c2c1Cl. The number of fused-ring (bicyclic) bond motifs is 1. The van der Waals surface area contributed by atoms with E-state index in [0.717, 1.165) is 0 Å². The summed E-state index contributed by atoms with van der Waals surface area (Å²) in [5.41, 5.74) is 0.572. The maximum absolute atomic E-state index is 6.06. The molecular weight excluding hydrogens is 344 g/mol. The Morgan fingerprint density at radius 1 is 1.00 bits per heavy atom. The predicted octanol–water partition coefficient (Wildman–Crippen LogP) is 5.61. The Morgan fingerprint density at radius 3 is 2.33 bits per heavy atom. The van der Waals surface area contributed by atoms with Gasteiger partial charge in [-0.15, -0.1) is 0 Å². The van der Waals surface area contributed by atoms with E-state index in [1.165, 1.54) is 6.20 Å². The van der Waals surface area contributed by atoms with E-state index in [-0.39, 0.29) is 0 Å². The highest BCUT2D eigenvalue weighted by Gasteiger charge is 2.14. The zero-order valence-electron chi connectivity index (χ0n) is 6.99. The van der Waals surface area contributed by atoms with Gasteiger partial charge in [-0.1, -0.05) is 46.4 Å². The van der Waals surface area contributed by atoms with E-state index in [2.05, 4.69) is 20.9 Å². The Bertz CT molecular complexity index is 547. The van der Waals surface area contributed by atoms with E-state index >= 15 is 0 Å². The third-order valence-electron chi connectivity index (χ3n) is 1.88. The van der Waals surface area contributed by atoms with Gasteiger partial charge in [-0.2, -0.15) is 0 Å². The van der Waals surface area contributed by atoms with Gasteiger partial charge in [-0.05, 0) is 22.0 Å². The van der Waals surface area contributed by atoms with Crippen molar-refractivity contribution in [1.82, 2.24) is 4.98 Å². The van der Waals surface area contributed by atoms with Gasteiger partial charge in [0.1, 0.15) is 0 Å². The summed E-state index contributed by atoms with van der Waals surface area (Å²) in [6.07, 6.45) is 1.50. The number of benzene rings is 1. The third kappa shape index (κ3) is 1.94. The molecule has 0 aliphatic carbocycles. The predicted molar refractivity (Wildman–Crippen MR) is 69.5 cm³/mol. The summed E-state index contributed by atoms with van der Waals surface area (Å²) in [7, 11) is 0. The molecule has 0 spiro atoms. The first-order valence-electron chi connectivity index (χ1n) is 3.79. The normalized spacial score (nSPS) is 11.0. The number of hydrogen-bond acceptors (Lipinski definition) is 1. The largest absolute Gasteiger partial charge is 0.253 e. The van der Waals surface area contributed by atoms with E-state index in [4.69, 9.17) is 46.4 Å². The van der Waals surface area contributed by atoms with E-state index < -0.39 is 0 Å². The molecular formula is C9H2BrCl4N. The van der Waals surface area contributed by atoms with Crippen LogP contribution in [0.15, 0.2) is 16.7 Å². The fraction of sp³-hybridized carbons (Fsp3) is 0. The number of aromatic nitrogens is 1. The molecule has 0 atom stereocenters. The molecule has 1 nitrogen and oxygen atoms in total. The molecule has 0 unspecified atom stereocenters. The maximum atomic E-state index is 6.06. The smallest absolute Gasteiger partial charge is 0.0916 e. The molecule has 78 valence electrons. The van der Waals surface area contributed by atoms with Crippen LogP contribution in [0.4, 0.5) is 0 Å². The minimum absolute atomic E-state index is 0.374. The zero-order valence-corrected chi connectivity index (χ0v) is 11.6. The van der Waals surface area contributed by atoms with Crippen molar-refractivity contribution in [3.63, 3.8) is 0 Å². The van der Waals surface area contributed by atoms with E-state index in [1.807, 2.05) is 0 Å². The first kappa shape index (κ1) is 11.7. The van der Waals surface area contributed by atoms with Gasteiger partial charge in [0.2, 0.25) is 0 Å². The highest BCUT2D eigenvalue weighted by Crippen LogP contribution is 2.40. The lowest BCUT2D eigenvalue weighted by Gasteiger charge is -2.07. The third-order valence-corrected chi connectivity index (χ3v) is 4.30. The molecule has 0 fully saturated rings. The Balaban J connectivity index is 3.04. The lowest BCUT2D eigenvalue weighted by molar-refractivity contribution is 1.40. The van der Waals surface area contributed by atoms with E-state index in [0.29, 0.717) is 35.5 Å². The summed E-state index contributed by atoms with van der Waals surface area (Å²) in [6, 6.07) is 1.56. The van der Waals surface area contributed by atoms with E-state index in [9.17, 15) is 0 Å². The van der Waals surface area contributed by atoms with Gasteiger partial charge in [-0.3, -0.25) is 4.98 Å². The van der Waals surface area contributed by atoms with Gasteiger partial charge in [-0.25, -0.2) is 0 Å². The van der Waals surface area contributed by atoms with Gasteiger partial charge in [0.05, 0.1) is 25.6 Å². The minimum atomic E-state index is 0.374. The first-order chi connectivity index (χ1) is 7.02. The topological polar surface area (TPSA) is 12.9 Å². The number of halogens is 5. The Labute approximate surface area is 114 Å². The minimum Gasteiger partial charge on any atom is -0.253 e. The van der Waals surface area contributed by atoms with Crippen molar-refractivity contribution in [2.45, 2.75) is 0 Å². The summed E-state index contributed by atoms with van der Waals surface area (Å²) >= 11 is 27.2. The fourth-order valence-corrected chi connectivity index (χ4v) is 2.71. The van der Waals surface area contributed by atoms with Crippen molar-refractivity contribution in [1.29, 1.82) is 0 Å². The Hall–Kier alpha value is 0.270. The molecule has 0 radical (unpaired) electrons. The highest BCUT2D eigenvalue weighted by atomic mass is 79.9. The Kier molecular flexibility index (Phi) is 3.34. The second kappa shape index (κ2) is 4.27. The number of hydrogen-bond donors (Lipinski definition) is 0. The van der Waals surface area contributed by atoms with Gasteiger partial charge in [0.25, 0.3) is 0 Å². The van der Waals surface area contributed by atoms with Gasteiger partial charge in [0, 0.05) is 16.1 Å². The molecule has 0 aliphatic rings. The molecule has 0 bridgehead atoms. The van der Waals surface area contributed by atoms with Crippen molar-refractivity contribution in [2.75, 3.05) is 0 Å². The molecule has 0 amide bonds. The molecule has 0 aliphatic heterocycles. The molecule has 15 heavy (non-hydrogen) atoms. The quantitative estimate of drug-likeness (QED) is 0.565. The van der Waals surface area contributed by atoms with Gasteiger partial charge < -0.3 is 0 Å². The van der Waals surface area contributed by atoms with Gasteiger partial charge >= 0.3 is 0 Å². The van der Waals surface area contributed by atoms with Crippen LogP contribution >= 0.6 is 62.3 Å². The Morgan fingerprint density at radius 2 is 1.67 bits per heavy atom. The van der Waals surface area contributed by atoms with Crippen molar-refractivity contribution < 1.29 is 0 Å². The van der Waals surface area contributed by atoms with Crippen LogP contribution in [0.5, 0.6) is 0 Å². The zero-order chi connectivity index (χ0) is 11.2. The average Bonchev–Trinajstić information content (AvgIpc) is 2.19. The first-order valence-corrected chi connectivity index (χ1v) is 6.10. The van der Waals surface area contributed by atoms with Crippen LogP contribution in [-0.2, 0) is 0 Å². The van der Waals surface area contributed by atoms with Crippen LogP contribution in [0.1, 0.15) is 0 Å². The van der Waals surface area contributed by atoms with E-state index in [1.54, 1.807) is 6.07 Å². The van der Waals surface area contributed by atoms with Crippen LogP contribution in [0.3, 0.4) is 0 Å². The molecule has 0 saturated carbocycles. The van der Waals surface area contributed by atoms with Crippen LogP contribution < -0.4 is 0 Å². The second-order valence-corrected chi connectivity index (χ2v) is 5.19. The molecule has 1 aromatic heterocycles. The summed E-state index contributed by atoms with van der Waals surface area (Å²) in [6.45, 7) is 0. The van der Waals surface area contributed by atoms with Crippen LogP contribution in [0.25, 0.3) is 10.9 Å². The standard InChI is InChI=1S/C9H2BrCl4N/c10-7-5(13)2-15-9-4(12)1-3(11)8(14)6(7)9/h1-2H. The summed E-state index contributed by atoms with van der Waals surface area (Å²) in [4.78, 5) is 4.11. The average molecular weight is 346 g/mol. The lowest BCUT2D eigenvalue weighted by atomic mass is 10.2. The monoisotopic (exact) mass is 343 g/mol. The van der Waals surface area contributed by atoms with Crippen LogP contribution in [0.2, 0.25) is 20.1 Å². The lowest BCUT2D eigenvalue weighted by Crippen LogP contribution is -1.85. The fourth-order valence-electron chi connectivity index (χ4n) is 1.21. The van der Waals surface area contributed by atoms with Crippen molar-refractivity contribution in [2.24, 2.45) is 0 Å². The molecule has 0 N–H and O–H groups in total. The molecule has 6 heteroatoms. The number of pyridine rings is 1. The second-order valence-electron chi connectivity index (χ2n) is 2.80. The molecule has 1 aromatic carbocycles. The van der Waals surface area contributed by atoms with Crippen LogP contribution in [-0.4, -0.2) is 4.98 Å².